The summed E-state index contributed by atoms with van der Waals surface area (Å²) in [6.45, 7) is 4.58. The third-order valence-corrected chi connectivity index (χ3v) is 4.94. The van der Waals surface area contributed by atoms with Crippen LogP contribution in [0.3, 0.4) is 0 Å². The molecule has 0 saturated heterocycles. The van der Waals surface area contributed by atoms with Gasteiger partial charge in [-0.2, -0.15) is 0 Å². The molecule has 3 heteroatoms. The molecule has 0 radical (unpaired) electrons. The Bertz CT molecular complexity index is 292. The lowest BCUT2D eigenvalue weighted by atomic mass is 9.80. The van der Waals surface area contributed by atoms with E-state index in [4.69, 9.17) is 5.73 Å². The summed E-state index contributed by atoms with van der Waals surface area (Å²) < 4.78 is 0. The topological polar surface area (TPSA) is 55.1 Å². The van der Waals surface area contributed by atoms with Gasteiger partial charge in [-0.05, 0) is 49.9 Å². The minimum atomic E-state index is 0.226. The van der Waals surface area contributed by atoms with E-state index in [1.807, 2.05) is 0 Å². The quantitative estimate of drug-likeness (QED) is 0.810. The molecular weight excluding hydrogens is 224 g/mol. The molecule has 2 aliphatic carbocycles. The molecular formula is C15H28N2O. The summed E-state index contributed by atoms with van der Waals surface area (Å²) in [6, 6.07) is 0.644. The molecule has 3 unspecified atom stereocenters. The van der Waals surface area contributed by atoms with Crippen LogP contribution in [0.4, 0.5) is 0 Å². The van der Waals surface area contributed by atoms with Crippen LogP contribution in [0, 0.1) is 17.8 Å². The van der Waals surface area contributed by atoms with Crippen LogP contribution in [0.2, 0.25) is 0 Å². The fraction of sp³-hybridized carbons (Fsp3) is 0.933. The molecule has 3 nitrogen and oxygen atoms in total. The van der Waals surface area contributed by atoms with Crippen molar-refractivity contribution in [1.82, 2.24) is 5.32 Å². The minimum Gasteiger partial charge on any atom is -0.353 e. The zero-order chi connectivity index (χ0) is 13.1. The first-order valence-corrected chi connectivity index (χ1v) is 7.61. The van der Waals surface area contributed by atoms with Gasteiger partial charge in [0, 0.05) is 18.5 Å². The van der Waals surface area contributed by atoms with E-state index < -0.39 is 0 Å². The van der Waals surface area contributed by atoms with Gasteiger partial charge in [0.15, 0.2) is 0 Å². The SMILES string of the molecule is CC1CCC(NC(=O)C[C@@H]2CCC[C@H]2N)C(C)C1. The molecule has 3 N–H and O–H groups in total. The highest BCUT2D eigenvalue weighted by molar-refractivity contribution is 5.76. The van der Waals surface area contributed by atoms with E-state index in [2.05, 4.69) is 19.2 Å². The maximum Gasteiger partial charge on any atom is 0.220 e. The van der Waals surface area contributed by atoms with Gasteiger partial charge in [0.25, 0.3) is 0 Å². The summed E-state index contributed by atoms with van der Waals surface area (Å²) in [5.41, 5.74) is 6.03. The van der Waals surface area contributed by atoms with Crippen LogP contribution in [0.25, 0.3) is 0 Å². The third kappa shape index (κ3) is 3.47. The smallest absolute Gasteiger partial charge is 0.220 e. The molecule has 2 rings (SSSR count). The maximum absolute atomic E-state index is 12.1. The largest absolute Gasteiger partial charge is 0.353 e. The number of hydrogen-bond acceptors (Lipinski definition) is 2. The Kier molecular flexibility index (Phi) is 4.66. The number of hydrogen-bond donors (Lipinski definition) is 2. The third-order valence-electron chi connectivity index (χ3n) is 4.94. The lowest BCUT2D eigenvalue weighted by Crippen LogP contribution is -2.43. The second kappa shape index (κ2) is 6.05. The van der Waals surface area contributed by atoms with E-state index in [0.29, 0.717) is 24.3 Å². The van der Waals surface area contributed by atoms with Crippen LogP contribution in [-0.4, -0.2) is 18.0 Å². The van der Waals surface area contributed by atoms with E-state index in [9.17, 15) is 4.79 Å². The van der Waals surface area contributed by atoms with Crippen molar-refractivity contribution >= 4 is 5.91 Å². The Balaban J connectivity index is 1.77. The van der Waals surface area contributed by atoms with Gasteiger partial charge in [0.2, 0.25) is 5.91 Å². The van der Waals surface area contributed by atoms with Crippen molar-refractivity contribution in [2.24, 2.45) is 23.5 Å². The molecule has 104 valence electrons. The van der Waals surface area contributed by atoms with Crippen LogP contribution in [0.1, 0.15) is 58.8 Å². The van der Waals surface area contributed by atoms with Crippen molar-refractivity contribution in [1.29, 1.82) is 0 Å². The fourth-order valence-electron chi connectivity index (χ4n) is 3.70. The van der Waals surface area contributed by atoms with Crippen molar-refractivity contribution in [2.45, 2.75) is 70.9 Å². The van der Waals surface area contributed by atoms with Gasteiger partial charge in [0.1, 0.15) is 0 Å². The Labute approximate surface area is 111 Å². The Morgan fingerprint density at radius 2 is 2.00 bits per heavy atom. The highest BCUT2D eigenvalue weighted by Crippen LogP contribution is 2.30. The summed E-state index contributed by atoms with van der Waals surface area (Å²) in [7, 11) is 0. The van der Waals surface area contributed by atoms with Crippen molar-refractivity contribution in [3.05, 3.63) is 0 Å². The molecule has 0 aromatic heterocycles. The molecule has 2 fully saturated rings. The molecule has 0 aliphatic heterocycles. The Morgan fingerprint density at radius 3 is 2.61 bits per heavy atom. The lowest BCUT2D eigenvalue weighted by molar-refractivity contribution is -0.123. The molecule has 2 aliphatic rings. The van der Waals surface area contributed by atoms with Crippen molar-refractivity contribution in [3.8, 4) is 0 Å². The molecule has 5 atom stereocenters. The van der Waals surface area contributed by atoms with Crippen LogP contribution >= 0.6 is 0 Å². The zero-order valence-electron chi connectivity index (χ0n) is 11.8. The average molecular weight is 252 g/mol. The van der Waals surface area contributed by atoms with Gasteiger partial charge < -0.3 is 11.1 Å². The number of carbonyl (C=O) groups excluding carboxylic acids is 1. The summed E-state index contributed by atoms with van der Waals surface area (Å²) in [5.74, 6) is 2.08. The average Bonchev–Trinajstić information content (AvgIpc) is 2.69. The van der Waals surface area contributed by atoms with Crippen molar-refractivity contribution < 1.29 is 4.79 Å². The molecule has 0 heterocycles. The van der Waals surface area contributed by atoms with Crippen molar-refractivity contribution in [2.75, 3.05) is 0 Å². The number of rotatable bonds is 3. The second-order valence-corrected chi connectivity index (χ2v) is 6.63. The number of carbonyl (C=O) groups is 1. The zero-order valence-corrected chi connectivity index (χ0v) is 11.8. The van der Waals surface area contributed by atoms with E-state index in [-0.39, 0.29) is 11.9 Å². The van der Waals surface area contributed by atoms with Gasteiger partial charge in [-0.25, -0.2) is 0 Å². The summed E-state index contributed by atoms with van der Waals surface area (Å²) >= 11 is 0. The van der Waals surface area contributed by atoms with Crippen LogP contribution < -0.4 is 11.1 Å². The van der Waals surface area contributed by atoms with Crippen LogP contribution in [0.5, 0.6) is 0 Å². The Hall–Kier alpha value is -0.570. The van der Waals surface area contributed by atoms with E-state index in [1.165, 1.54) is 19.3 Å². The molecule has 0 aromatic rings. The van der Waals surface area contributed by atoms with E-state index in [0.717, 1.165) is 25.2 Å². The van der Waals surface area contributed by atoms with E-state index in [1.54, 1.807) is 0 Å². The minimum absolute atomic E-state index is 0.226. The summed E-state index contributed by atoms with van der Waals surface area (Å²) in [4.78, 5) is 12.1. The molecule has 18 heavy (non-hydrogen) atoms. The van der Waals surface area contributed by atoms with Gasteiger partial charge in [-0.3, -0.25) is 4.79 Å². The molecule has 1 amide bonds. The standard InChI is InChI=1S/C15H28N2O/c1-10-6-7-14(11(2)8-10)17-15(18)9-12-4-3-5-13(12)16/h10-14H,3-9,16H2,1-2H3,(H,17,18)/t10?,11?,12-,13+,14?/m0/s1. The second-order valence-electron chi connectivity index (χ2n) is 6.63. The fourth-order valence-corrected chi connectivity index (χ4v) is 3.70. The first-order chi connectivity index (χ1) is 8.56. The predicted molar refractivity (Wildman–Crippen MR) is 74.0 cm³/mol. The number of nitrogens with two attached hydrogens (primary N) is 1. The van der Waals surface area contributed by atoms with Gasteiger partial charge in [-0.15, -0.1) is 0 Å². The first kappa shape index (κ1) is 13.9. The van der Waals surface area contributed by atoms with Gasteiger partial charge >= 0.3 is 0 Å². The van der Waals surface area contributed by atoms with Crippen LogP contribution in [-0.2, 0) is 4.79 Å². The monoisotopic (exact) mass is 252 g/mol. The summed E-state index contributed by atoms with van der Waals surface area (Å²) in [5, 5.41) is 3.24. The molecule has 0 aromatic carbocycles. The molecule has 0 spiro atoms. The summed E-state index contributed by atoms with van der Waals surface area (Å²) in [6.07, 6.45) is 7.69. The number of nitrogens with one attached hydrogen (secondary N) is 1. The predicted octanol–water partition coefficient (Wildman–Crippen LogP) is 2.44. The first-order valence-electron chi connectivity index (χ1n) is 7.61. The number of amides is 1. The normalized spacial score (nSPS) is 40.7. The van der Waals surface area contributed by atoms with Gasteiger partial charge in [-0.1, -0.05) is 20.3 Å². The molecule has 0 bridgehead atoms. The lowest BCUT2D eigenvalue weighted by Gasteiger charge is -2.33. The highest BCUT2D eigenvalue weighted by Gasteiger charge is 2.29. The van der Waals surface area contributed by atoms with Crippen LogP contribution in [0.15, 0.2) is 0 Å². The Morgan fingerprint density at radius 1 is 1.22 bits per heavy atom. The molecule has 2 saturated carbocycles. The highest BCUT2D eigenvalue weighted by atomic mass is 16.1. The van der Waals surface area contributed by atoms with Crippen molar-refractivity contribution in [3.63, 3.8) is 0 Å². The van der Waals surface area contributed by atoms with Gasteiger partial charge in [0.05, 0.1) is 0 Å². The maximum atomic E-state index is 12.1. The van der Waals surface area contributed by atoms with E-state index >= 15 is 0 Å².